The minimum Gasteiger partial charge on any atom is -0.466 e. The lowest BCUT2D eigenvalue weighted by Crippen LogP contribution is -2.11. The Labute approximate surface area is 67.9 Å². The molecule has 0 heterocycles. The minimum absolute atomic E-state index is 0.0614. The van der Waals surface area contributed by atoms with E-state index in [4.69, 9.17) is 4.74 Å². The van der Waals surface area contributed by atoms with E-state index >= 15 is 0 Å². The van der Waals surface area contributed by atoms with Gasteiger partial charge in [-0.1, -0.05) is 6.92 Å². The third kappa shape index (κ3) is 2.21. The van der Waals surface area contributed by atoms with Gasteiger partial charge in [-0.25, -0.2) is 0 Å². The molecule has 1 radical (unpaired) electrons. The lowest BCUT2D eigenvalue weighted by atomic mass is 10.00. The van der Waals surface area contributed by atoms with Crippen molar-refractivity contribution in [2.24, 2.45) is 5.41 Å². The van der Waals surface area contributed by atoms with E-state index in [0.29, 0.717) is 13.0 Å². The van der Waals surface area contributed by atoms with Crippen molar-refractivity contribution in [3.05, 3.63) is 6.92 Å². The molecule has 0 aromatic heterocycles. The third-order valence-corrected chi connectivity index (χ3v) is 2.31. The molecule has 11 heavy (non-hydrogen) atoms. The van der Waals surface area contributed by atoms with Crippen molar-refractivity contribution in [2.45, 2.75) is 32.6 Å². The number of carbonyl (C=O) groups excluding carboxylic acids is 1. The molecule has 0 amide bonds. The summed E-state index contributed by atoms with van der Waals surface area (Å²) < 4.78 is 4.85. The molecule has 0 N–H and O–H groups in total. The Hall–Kier alpha value is -0.530. The fourth-order valence-electron chi connectivity index (χ4n) is 1.21. The molecule has 1 saturated carbocycles. The number of ether oxygens (including phenoxy) is 1. The molecule has 0 unspecified atom stereocenters. The van der Waals surface area contributed by atoms with Crippen LogP contribution in [0.1, 0.15) is 32.6 Å². The van der Waals surface area contributed by atoms with Crippen LogP contribution in [0.15, 0.2) is 0 Å². The number of hydrogen-bond donors (Lipinski definition) is 0. The summed E-state index contributed by atoms with van der Waals surface area (Å²) >= 11 is 0. The lowest BCUT2D eigenvalue weighted by Gasteiger charge is -2.09. The fourth-order valence-corrected chi connectivity index (χ4v) is 1.21. The van der Waals surface area contributed by atoms with Gasteiger partial charge in [0.1, 0.15) is 0 Å². The van der Waals surface area contributed by atoms with E-state index < -0.39 is 0 Å². The van der Waals surface area contributed by atoms with Gasteiger partial charge < -0.3 is 4.74 Å². The fraction of sp³-hybridized carbons (Fsp3) is 0.778. The van der Waals surface area contributed by atoms with E-state index in [1.807, 2.05) is 6.92 Å². The van der Waals surface area contributed by atoms with Crippen molar-refractivity contribution in [1.29, 1.82) is 0 Å². The van der Waals surface area contributed by atoms with E-state index in [1.165, 1.54) is 0 Å². The van der Waals surface area contributed by atoms with Crippen LogP contribution >= 0.6 is 0 Å². The van der Waals surface area contributed by atoms with Crippen LogP contribution in [0.5, 0.6) is 0 Å². The van der Waals surface area contributed by atoms with Crippen molar-refractivity contribution in [3.8, 4) is 0 Å². The molecule has 0 saturated heterocycles. The topological polar surface area (TPSA) is 26.3 Å². The Kier molecular flexibility index (Phi) is 2.53. The van der Waals surface area contributed by atoms with Crippen LogP contribution in [0.3, 0.4) is 0 Å². The second-order valence-electron chi connectivity index (χ2n) is 3.23. The Balaban J connectivity index is 2.24. The molecule has 1 fully saturated rings. The average molecular weight is 155 g/mol. The van der Waals surface area contributed by atoms with Gasteiger partial charge >= 0.3 is 5.97 Å². The molecule has 1 rings (SSSR count). The Bertz CT molecular complexity index is 148. The SMILES string of the molecule is [CH2]CC1(CC(=O)OCC)CC1. The number of rotatable bonds is 4. The van der Waals surface area contributed by atoms with Gasteiger partial charge in [-0.3, -0.25) is 4.79 Å². The maximum atomic E-state index is 11.0. The second-order valence-corrected chi connectivity index (χ2v) is 3.23. The zero-order valence-electron chi connectivity index (χ0n) is 7.06. The van der Waals surface area contributed by atoms with E-state index in [9.17, 15) is 4.79 Å². The van der Waals surface area contributed by atoms with Gasteiger partial charge in [0.2, 0.25) is 0 Å². The van der Waals surface area contributed by atoms with E-state index in [2.05, 4.69) is 6.92 Å². The smallest absolute Gasteiger partial charge is 0.306 e. The van der Waals surface area contributed by atoms with Crippen molar-refractivity contribution < 1.29 is 9.53 Å². The predicted molar refractivity (Wildman–Crippen MR) is 42.9 cm³/mol. The van der Waals surface area contributed by atoms with E-state index in [-0.39, 0.29) is 11.4 Å². The minimum atomic E-state index is -0.0614. The standard InChI is InChI=1S/C9H15O2/c1-3-9(5-6-9)7-8(10)11-4-2/h1,3-7H2,2H3. The van der Waals surface area contributed by atoms with Crippen LogP contribution in [-0.4, -0.2) is 12.6 Å². The summed E-state index contributed by atoms with van der Waals surface area (Å²) in [5.74, 6) is -0.0614. The number of esters is 1. The highest BCUT2D eigenvalue weighted by molar-refractivity contribution is 5.70. The van der Waals surface area contributed by atoms with E-state index in [1.54, 1.807) is 0 Å². The molecule has 0 spiro atoms. The predicted octanol–water partition coefficient (Wildman–Crippen LogP) is 1.94. The quantitative estimate of drug-likeness (QED) is 0.580. The van der Waals surface area contributed by atoms with Gasteiger partial charge in [-0.2, -0.15) is 0 Å². The Morgan fingerprint density at radius 2 is 2.27 bits per heavy atom. The maximum absolute atomic E-state index is 11.0. The molecule has 1 aliphatic rings. The largest absolute Gasteiger partial charge is 0.466 e. The normalized spacial score (nSPS) is 19.5. The summed E-state index contributed by atoms with van der Waals surface area (Å²) in [6.07, 6.45) is 3.74. The lowest BCUT2D eigenvalue weighted by molar-refractivity contribution is -0.144. The first kappa shape index (κ1) is 8.57. The summed E-state index contributed by atoms with van der Waals surface area (Å²) in [5, 5.41) is 0. The highest BCUT2D eigenvalue weighted by Gasteiger charge is 2.42. The van der Waals surface area contributed by atoms with E-state index in [0.717, 1.165) is 19.3 Å². The molecule has 0 atom stereocenters. The Morgan fingerprint density at radius 3 is 2.64 bits per heavy atom. The van der Waals surface area contributed by atoms with Gasteiger partial charge in [0.05, 0.1) is 13.0 Å². The molecule has 0 aliphatic heterocycles. The van der Waals surface area contributed by atoms with Gasteiger partial charge in [0, 0.05) is 0 Å². The third-order valence-electron chi connectivity index (χ3n) is 2.31. The van der Waals surface area contributed by atoms with Crippen molar-refractivity contribution in [2.75, 3.05) is 6.61 Å². The second kappa shape index (κ2) is 3.24. The highest BCUT2D eigenvalue weighted by Crippen LogP contribution is 2.51. The molecule has 63 valence electrons. The van der Waals surface area contributed by atoms with Crippen molar-refractivity contribution in [3.63, 3.8) is 0 Å². The summed E-state index contributed by atoms with van der Waals surface area (Å²) in [7, 11) is 0. The first-order valence-corrected chi connectivity index (χ1v) is 4.17. The average Bonchev–Trinajstić information content (AvgIpc) is 2.70. The molecule has 0 bridgehead atoms. The van der Waals surface area contributed by atoms with Crippen LogP contribution in [0.25, 0.3) is 0 Å². The molecule has 1 aliphatic carbocycles. The van der Waals surface area contributed by atoms with Crippen LogP contribution < -0.4 is 0 Å². The molecule has 0 aromatic rings. The van der Waals surface area contributed by atoms with Gasteiger partial charge in [0.25, 0.3) is 0 Å². The first-order chi connectivity index (χ1) is 5.22. The molecular formula is C9H15O2. The number of hydrogen-bond acceptors (Lipinski definition) is 2. The monoisotopic (exact) mass is 155 g/mol. The summed E-state index contributed by atoms with van der Waals surface area (Å²) in [5.41, 5.74) is 0.228. The van der Waals surface area contributed by atoms with Crippen molar-refractivity contribution in [1.82, 2.24) is 0 Å². The van der Waals surface area contributed by atoms with Gasteiger partial charge in [0.15, 0.2) is 0 Å². The van der Waals surface area contributed by atoms with Crippen molar-refractivity contribution >= 4 is 5.97 Å². The molecule has 0 aromatic carbocycles. The van der Waals surface area contributed by atoms with Gasteiger partial charge in [-0.15, -0.1) is 0 Å². The van der Waals surface area contributed by atoms with Gasteiger partial charge in [-0.05, 0) is 31.6 Å². The zero-order chi connectivity index (χ0) is 8.32. The Morgan fingerprint density at radius 1 is 1.64 bits per heavy atom. The summed E-state index contributed by atoms with van der Waals surface area (Å²) in [6, 6.07) is 0. The molecule has 2 heteroatoms. The van der Waals surface area contributed by atoms with Crippen LogP contribution in [-0.2, 0) is 9.53 Å². The van der Waals surface area contributed by atoms with Crippen LogP contribution in [0, 0.1) is 12.3 Å². The van der Waals surface area contributed by atoms with Crippen LogP contribution in [0.4, 0.5) is 0 Å². The molecular weight excluding hydrogens is 140 g/mol. The highest BCUT2D eigenvalue weighted by atomic mass is 16.5. The summed E-state index contributed by atoms with van der Waals surface area (Å²) in [4.78, 5) is 11.0. The van der Waals surface area contributed by atoms with Crippen LogP contribution in [0.2, 0.25) is 0 Å². The number of carbonyl (C=O) groups is 1. The maximum Gasteiger partial charge on any atom is 0.306 e. The summed E-state index contributed by atoms with van der Waals surface area (Å²) in [6.45, 7) is 6.15. The molecule has 2 nitrogen and oxygen atoms in total. The first-order valence-electron chi connectivity index (χ1n) is 4.17. The zero-order valence-corrected chi connectivity index (χ0v) is 7.06.